The minimum atomic E-state index is -0.0310. The Hall–Kier alpha value is -0.780. The van der Waals surface area contributed by atoms with Gasteiger partial charge < -0.3 is 10.5 Å². The molecule has 0 aliphatic carbocycles. The quantitative estimate of drug-likeness (QED) is 0.530. The molecular weight excluding hydrogens is 293 g/mol. The minimum Gasteiger partial charge on any atom is -0.491 e. The van der Waals surface area contributed by atoms with Crippen molar-refractivity contribution >= 4 is 34.1 Å². The Morgan fingerprint density at radius 1 is 1.57 bits per heavy atom. The molecule has 0 unspecified atom stereocenters. The monoisotopic (exact) mass is 305 g/mol. The van der Waals surface area contributed by atoms with E-state index in [0.29, 0.717) is 23.6 Å². The molecule has 1 rings (SSSR count). The van der Waals surface area contributed by atoms with E-state index in [4.69, 9.17) is 10.5 Å². The van der Waals surface area contributed by atoms with Crippen molar-refractivity contribution in [2.45, 2.75) is 13.8 Å². The van der Waals surface area contributed by atoms with Crippen molar-refractivity contribution < 1.29 is 9.53 Å². The van der Waals surface area contributed by atoms with Crippen LogP contribution in [0, 0.1) is 3.57 Å². The normalized spacial score (nSPS) is 9.93. The Morgan fingerprint density at radius 2 is 2.21 bits per heavy atom. The van der Waals surface area contributed by atoms with Crippen molar-refractivity contribution in [3.05, 3.63) is 21.3 Å². The Morgan fingerprint density at radius 3 is 2.71 bits per heavy atom. The summed E-state index contributed by atoms with van der Waals surface area (Å²) in [7, 11) is 0. The number of nitrogen functional groups attached to an aromatic ring is 1. The fraction of sp³-hybridized carbons (Fsp3) is 0.300. The maximum Gasteiger partial charge on any atom is 0.163 e. The van der Waals surface area contributed by atoms with Crippen LogP contribution in [0.3, 0.4) is 0 Å². The summed E-state index contributed by atoms with van der Waals surface area (Å²) >= 11 is 2.11. The molecule has 0 amide bonds. The van der Waals surface area contributed by atoms with Crippen LogP contribution >= 0.6 is 22.6 Å². The highest BCUT2D eigenvalue weighted by Gasteiger charge is 2.13. The average Bonchev–Trinajstić information content (AvgIpc) is 2.13. The molecule has 0 aromatic heterocycles. The minimum absolute atomic E-state index is 0.0310. The lowest BCUT2D eigenvalue weighted by Crippen LogP contribution is -2.05. The number of carbonyl (C=O) groups excluding carboxylic acids is 1. The Balaban J connectivity index is 3.29. The van der Waals surface area contributed by atoms with Crippen LogP contribution in [0.1, 0.15) is 24.2 Å². The number of hydrogen-bond acceptors (Lipinski definition) is 3. The average molecular weight is 305 g/mol. The number of nitrogens with two attached hydrogens (primary N) is 1. The molecule has 0 aliphatic heterocycles. The first-order valence-electron chi connectivity index (χ1n) is 4.29. The van der Waals surface area contributed by atoms with Gasteiger partial charge in [-0.1, -0.05) is 0 Å². The van der Waals surface area contributed by atoms with Crippen LogP contribution in [-0.2, 0) is 0 Å². The molecule has 0 bridgehead atoms. The highest BCUT2D eigenvalue weighted by Crippen LogP contribution is 2.31. The standard InChI is InChI=1S/C10H12INO2/c1-3-14-10-7(6(2)13)4-5-8(11)9(10)12/h4-5H,3,12H2,1-2H3. The first kappa shape index (κ1) is 11.3. The molecular formula is C10H12INO2. The summed E-state index contributed by atoms with van der Waals surface area (Å²) in [6, 6.07) is 3.56. The summed E-state index contributed by atoms with van der Waals surface area (Å²) in [5.74, 6) is 0.475. The van der Waals surface area contributed by atoms with Gasteiger partial charge >= 0.3 is 0 Å². The van der Waals surface area contributed by atoms with Gasteiger partial charge in [0.2, 0.25) is 0 Å². The number of anilines is 1. The second-order valence-corrected chi connectivity index (χ2v) is 3.99. The van der Waals surface area contributed by atoms with Crippen LogP contribution in [0.5, 0.6) is 5.75 Å². The van der Waals surface area contributed by atoms with Gasteiger partial charge in [0.05, 0.1) is 17.9 Å². The van der Waals surface area contributed by atoms with Crippen LogP contribution < -0.4 is 10.5 Å². The zero-order chi connectivity index (χ0) is 10.7. The molecule has 0 heterocycles. The van der Waals surface area contributed by atoms with Crippen molar-refractivity contribution in [1.82, 2.24) is 0 Å². The predicted octanol–water partition coefficient (Wildman–Crippen LogP) is 2.47. The lowest BCUT2D eigenvalue weighted by Gasteiger charge is -2.11. The number of hydrogen-bond donors (Lipinski definition) is 1. The lowest BCUT2D eigenvalue weighted by atomic mass is 10.1. The van der Waals surface area contributed by atoms with Crippen LogP contribution in [0.2, 0.25) is 0 Å². The van der Waals surface area contributed by atoms with Crippen LogP contribution in [0.25, 0.3) is 0 Å². The molecule has 0 fully saturated rings. The van der Waals surface area contributed by atoms with Gasteiger partial charge in [0.15, 0.2) is 11.5 Å². The molecule has 4 heteroatoms. The molecule has 0 saturated carbocycles. The fourth-order valence-electron chi connectivity index (χ4n) is 1.15. The largest absolute Gasteiger partial charge is 0.491 e. The van der Waals surface area contributed by atoms with Crippen LogP contribution in [0.15, 0.2) is 12.1 Å². The van der Waals surface area contributed by atoms with Crippen molar-refractivity contribution in [2.75, 3.05) is 12.3 Å². The van der Waals surface area contributed by atoms with E-state index in [2.05, 4.69) is 22.6 Å². The Bertz CT molecular complexity index is 363. The SMILES string of the molecule is CCOc1c(C(C)=O)ccc(I)c1N. The molecule has 1 aromatic rings. The van der Waals surface area contributed by atoms with Gasteiger partial charge in [-0.15, -0.1) is 0 Å². The molecule has 14 heavy (non-hydrogen) atoms. The smallest absolute Gasteiger partial charge is 0.163 e. The maximum absolute atomic E-state index is 11.3. The zero-order valence-electron chi connectivity index (χ0n) is 8.13. The van der Waals surface area contributed by atoms with E-state index in [1.165, 1.54) is 6.92 Å². The molecule has 0 spiro atoms. The van der Waals surface area contributed by atoms with E-state index < -0.39 is 0 Å². The molecule has 0 aliphatic rings. The van der Waals surface area contributed by atoms with Gasteiger partial charge in [0, 0.05) is 3.57 Å². The zero-order valence-corrected chi connectivity index (χ0v) is 10.3. The molecule has 0 atom stereocenters. The van der Waals surface area contributed by atoms with Crippen molar-refractivity contribution in [1.29, 1.82) is 0 Å². The molecule has 2 N–H and O–H groups in total. The van der Waals surface area contributed by atoms with E-state index in [0.717, 1.165) is 3.57 Å². The number of benzene rings is 1. The van der Waals surface area contributed by atoms with Crippen molar-refractivity contribution in [3.63, 3.8) is 0 Å². The Kier molecular flexibility index (Phi) is 3.74. The highest BCUT2D eigenvalue weighted by atomic mass is 127. The van der Waals surface area contributed by atoms with E-state index in [1.807, 2.05) is 13.0 Å². The van der Waals surface area contributed by atoms with Crippen LogP contribution in [0.4, 0.5) is 5.69 Å². The van der Waals surface area contributed by atoms with Gasteiger partial charge in [0.1, 0.15) is 0 Å². The first-order valence-corrected chi connectivity index (χ1v) is 5.37. The molecule has 0 saturated heterocycles. The maximum atomic E-state index is 11.3. The second kappa shape index (κ2) is 4.63. The van der Waals surface area contributed by atoms with Gasteiger partial charge in [-0.3, -0.25) is 4.79 Å². The number of ether oxygens (including phenoxy) is 1. The van der Waals surface area contributed by atoms with Gasteiger partial charge in [-0.05, 0) is 48.6 Å². The molecule has 0 radical (unpaired) electrons. The highest BCUT2D eigenvalue weighted by molar-refractivity contribution is 14.1. The summed E-state index contributed by atoms with van der Waals surface area (Å²) < 4.78 is 6.26. The van der Waals surface area contributed by atoms with Gasteiger partial charge in [-0.25, -0.2) is 0 Å². The third-order valence-corrected chi connectivity index (χ3v) is 2.75. The second-order valence-electron chi connectivity index (χ2n) is 2.83. The topological polar surface area (TPSA) is 52.3 Å². The Labute approximate surface area is 96.8 Å². The summed E-state index contributed by atoms with van der Waals surface area (Å²) in [6.45, 7) is 3.87. The number of halogens is 1. The first-order chi connectivity index (χ1) is 6.57. The van der Waals surface area contributed by atoms with E-state index in [-0.39, 0.29) is 5.78 Å². The fourth-order valence-corrected chi connectivity index (χ4v) is 1.58. The third kappa shape index (κ3) is 2.17. The molecule has 1 aromatic carbocycles. The predicted molar refractivity (Wildman–Crippen MR) is 64.7 cm³/mol. The van der Waals surface area contributed by atoms with E-state index >= 15 is 0 Å². The molecule has 76 valence electrons. The molecule has 3 nitrogen and oxygen atoms in total. The number of rotatable bonds is 3. The van der Waals surface area contributed by atoms with E-state index in [1.54, 1.807) is 6.07 Å². The van der Waals surface area contributed by atoms with Crippen molar-refractivity contribution in [2.24, 2.45) is 0 Å². The number of ketones is 1. The summed E-state index contributed by atoms with van der Waals surface area (Å²) in [6.07, 6.45) is 0. The summed E-state index contributed by atoms with van der Waals surface area (Å²) in [5.41, 5.74) is 6.91. The van der Waals surface area contributed by atoms with Crippen molar-refractivity contribution in [3.8, 4) is 5.75 Å². The van der Waals surface area contributed by atoms with Crippen LogP contribution in [-0.4, -0.2) is 12.4 Å². The van der Waals surface area contributed by atoms with Gasteiger partial charge in [-0.2, -0.15) is 0 Å². The number of Topliss-reactive ketones (excluding diaryl/α,β-unsaturated/α-hetero) is 1. The third-order valence-electron chi connectivity index (χ3n) is 1.81. The summed E-state index contributed by atoms with van der Waals surface area (Å²) in [5, 5.41) is 0. The number of carbonyl (C=O) groups is 1. The lowest BCUT2D eigenvalue weighted by molar-refractivity contribution is 0.101. The van der Waals surface area contributed by atoms with E-state index in [9.17, 15) is 4.79 Å². The van der Waals surface area contributed by atoms with Gasteiger partial charge in [0.25, 0.3) is 0 Å². The summed E-state index contributed by atoms with van der Waals surface area (Å²) in [4.78, 5) is 11.3.